The van der Waals surface area contributed by atoms with Gasteiger partial charge in [-0.3, -0.25) is 0 Å². The SMILES string of the molecule is CCOCCc1c(C(C)(C)Cl)cc(CC(C)C)c(CC(C)C)c1Oc1ccccc1. The van der Waals surface area contributed by atoms with E-state index in [1.165, 1.54) is 16.7 Å². The lowest BCUT2D eigenvalue weighted by atomic mass is 9.84. The molecule has 0 aliphatic heterocycles. The van der Waals surface area contributed by atoms with Crippen molar-refractivity contribution in [2.45, 2.75) is 72.6 Å². The minimum atomic E-state index is -0.488. The summed E-state index contributed by atoms with van der Waals surface area (Å²) in [5.74, 6) is 2.93. The molecule has 0 saturated carbocycles. The molecule has 0 unspecified atom stereocenters. The predicted molar refractivity (Wildman–Crippen MR) is 129 cm³/mol. The molecule has 0 spiro atoms. The molecule has 0 aromatic heterocycles. The molecule has 2 rings (SSSR count). The average Bonchev–Trinajstić information content (AvgIpc) is 2.65. The van der Waals surface area contributed by atoms with Gasteiger partial charge < -0.3 is 9.47 Å². The van der Waals surface area contributed by atoms with E-state index in [9.17, 15) is 0 Å². The van der Waals surface area contributed by atoms with E-state index in [0.29, 0.717) is 25.0 Å². The maximum Gasteiger partial charge on any atom is 0.134 e. The summed E-state index contributed by atoms with van der Waals surface area (Å²) in [6, 6.07) is 12.4. The Labute approximate surface area is 188 Å². The Morgan fingerprint density at radius 1 is 0.933 bits per heavy atom. The molecule has 0 atom stereocenters. The second kappa shape index (κ2) is 11.2. The molecule has 2 aromatic rings. The molecular formula is C27H39ClO2. The second-order valence-electron chi connectivity index (χ2n) is 9.40. The van der Waals surface area contributed by atoms with Crippen LogP contribution in [0.4, 0.5) is 0 Å². The van der Waals surface area contributed by atoms with Gasteiger partial charge in [0.2, 0.25) is 0 Å². The van der Waals surface area contributed by atoms with Crippen LogP contribution in [0.2, 0.25) is 0 Å². The van der Waals surface area contributed by atoms with Crippen molar-refractivity contribution in [2.75, 3.05) is 13.2 Å². The number of benzene rings is 2. The molecule has 0 aliphatic rings. The molecule has 0 heterocycles. The van der Waals surface area contributed by atoms with Gasteiger partial charge in [0.1, 0.15) is 11.5 Å². The van der Waals surface area contributed by atoms with Crippen molar-refractivity contribution in [3.8, 4) is 11.5 Å². The summed E-state index contributed by atoms with van der Waals surface area (Å²) >= 11 is 6.92. The van der Waals surface area contributed by atoms with Crippen LogP contribution < -0.4 is 4.74 Å². The number of para-hydroxylation sites is 1. The van der Waals surface area contributed by atoms with E-state index in [-0.39, 0.29) is 0 Å². The van der Waals surface area contributed by atoms with Crippen LogP contribution >= 0.6 is 11.6 Å². The molecule has 0 radical (unpaired) electrons. The van der Waals surface area contributed by atoms with Crippen LogP contribution in [0.3, 0.4) is 0 Å². The highest BCUT2D eigenvalue weighted by atomic mass is 35.5. The van der Waals surface area contributed by atoms with Crippen molar-refractivity contribution in [3.05, 3.63) is 58.7 Å². The molecule has 2 nitrogen and oxygen atoms in total. The summed E-state index contributed by atoms with van der Waals surface area (Å²) in [6.07, 6.45) is 2.78. The van der Waals surface area contributed by atoms with Gasteiger partial charge in [-0.1, -0.05) is 52.0 Å². The molecule has 0 bridgehead atoms. The third kappa shape index (κ3) is 7.03. The van der Waals surface area contributed by atoms with Gasteiger partial charge in [0.05, 0.1) is 11.5 Å². The summed E-state index contributed by atoms with van der Waals surface area (Å²) in [5, 5.41) is 0. The third-order valence-electron chi connectivity index (χ3n) is 5.12. The van der Waals surface area contributed by atoms with E-state index in [1.807, 2.05) is 37.3 Å². The average molecular weight is 431 g/mol. The summed E-state index contributed by atoms with van der Waals surface area (Å²) < 4.78 is 12.3. The fraction of sp³-hybridized carbons (Fsp3) is 0.556. The molecule has 0 N–H and O–H groups in total. The molecule has 30 heavy (non-hydrogen) atoms. The number of hydrogen-bond donors (Lipinski definition) is 0. The lowest BCUT2D eigenvalue weighted by Gasteiger charge is -2.28. The smallest absolute Gasteiger partial charge is 0.134 e. The Morgan fingerprint density at radius 3 is 2.10 bits per heavy atom. The number of alkyl halides is 1. The van der Waals surface area contributed by atoms with E-state index in [0.717, 1.165) is 36.3 Å². The van der Waals surface area contributed by atoms with Crippen molar-refractivity contribution >= 4 is 11.6 Å². The Morgan fingerprint density at radius 2 is 1.57 bits per heavy atom. The van der Waals surface area contributed by atoms with Crippen molar-refractivity contribution in [2.24, 2.45) is 11.8 Å². The highest BCUT2D eigenvalue weighted by Gasteiger charge is 2.28. The van der Waals surface area contributed by atoms with Crippen molar-refractivity contribution in [3.63, 3.8) is 0 Å². The van der Waals surface area contributed by atoms with Gasteiger partial charge in [0.25, 0.3) is 0 Å². The highest BCUT2D eigenvalue weighted by Crippen LogP contribution is 2.42. The zero-order valence-electron chi connectivity index (χ0n) is 19.8. The number of rotatable bonds is 11. The van der Waals surface area contributed by atoms with Gasteiger partial charge in [0.15, 0.2) is 0 Å². The first kappa shape index (κ1) is 24.8. The minimum Gasteiger partial charge on any atom is -0.457 e. The second-order valence-corrected chi connectivity index (χ2v) is 10.3. The fourth-order valence-electron chi connectivity index (χ4n) is 3.88. The predicted octanol–water partition coefficient (Wildman–Crippen LogP) is 7.93. The van der Waals surface area contributed by atoms with Crippen molar-refractivity contribution in [1.29, 1.82) is 0 Å². The summed E-state index contributed by atoms with van der Waals surface area (Å²) in [5.41, 5.74) is 5.00. The molecule has 3 heteroatoms. The van der Waals surface area contributed by atoms with Crippen LogP contribution in [0.5, 0.6) is 11.5 Å². The van der Waals surface area contributed by atoms with E-state index < -0.39 is 4.87 Å². The highest BCUT2D eigenvalue weighted by molar-refractivity contribution is 6.23. The van der Waals surface area contributed by atoms with Crippen LogP contribution in [-0.4, -0.2) is 13.2 Å². The Balaban J connectivity index is 2.75. The molecule has 0 aliphatic carbocycles. The quantitative estimate of drug-likeness (QED) is 0.266. The topological polar surface area (TPSA) is 18.5 Å². The molecule has 166 valence electrons. The fourth-order valence-corrected chi connectivity index (χ4v) is 4.05. The van der Waals surface area contributed by atoms with Gasteiger partial charge in [-0.15, -0.1) is 11.6 Å². The maximum atomic E-state index is 6.92. The van der Waals surface area contributed by atoms with Gasteiger partial charge in [-0.05, 0) is 80.7 Å². The molecular weight excluding hydrogens is 392 g/mol. The first-order valence-electron chi connectivity index (χ1n) is 11.3. The van der Waals surface area contributed by atoms with E-state index in [4.69, 9.17) is 21.1 Å². The standard InChI is InChI=1S/C27H39ClO2/c1-8-29-15-14-23-25(27(6,7)28)18-21(16-19(2)3)24(17-20(4)5)26(23)30-22-12-10-9-11-13-22/h9-13,18-20H,8,14-17H2,1-7H3. The van der Waals surface area contributed by atoms with Crippen LogP contribution in [0, 0.1) is 11.8 Å². The molecule has 0 fully saturated rings. The van der Waals surface area contributed by atoms with Gasteiger partial charge in [-0.25, -0.2) is 0 Å². The van der Waals surface area contributed by atoms with Gasteiger partial charge in [-0.2, -0.15) is 0 Å². The lowest BCUT2D eigenvalue weighted by molar-refractivity contribution is 0.150. The Hall–Kier alpha value is -1.51. The first-order valence-corrected chi connectivity index (χ1v) is 11.7. The van der Waals surface area contributed by atoms with Crippen LogP contribution in [-0.2, 0) is 28.9 Å². The van der Waals surface area contributed by atoms with E-state index in [2.05, 4.69) is 47.6 Å². The summed E-state index contributed by atoms with van der Waals surface area (Å²) in [4.78, 5) is -0.488. The van der Waals surface area contributed by atoms with E-state index >= 15 is 0 Å². The zero-order chi connectivity index (χ0) is 22.3. The van der Waals surface area contributed by atoms with Crippen molar-refractivity contribution in [1.82, 2.24) is 0 Å². The third-order valence-corrected chi connectivity index (χ3v) is 5.33. The molecule has 0 saturated heterocycles. The van der Waals surface area contributed by atoms with Crippen LogP contribution in [0.15, 0.2) is 36.4 Å². The number of halogens is 1. The monoisotopic (exact) mass is 430 g/mol. The molecule has 2 aromatic carbocycles. The lowest BCUT2D eigenvalue weighted by Crippen LogP contribution is -2.18. The van der Waals surface area contributed by atoms with E-state index in [1.54, 1.807) is 0 Å². The number of ether oxygens (including phenoxy) is 2. The normalized spacial score (nSPS) is 12.1. The van der Waals surface area contributed by atoms with Crippen LogP contribution in [0.1, 0.15) is 70.7 Å². The summed E-state index contributed by atoms with van der Waals surface area (Å²) in [7, 11) is 0. The Kier molecular flexibility index (Phi) is 9.25. The first-order chi connectivity index (χ1) is 14.1. The van der Waals surface area contributed by atoms with Crippen molar-refractivity contribution < 1.29 is 9.47 Å². The Bertz CT molecular complexity index is 789. The van der Waals surface area contributed by atoms with Gasteiger partial charge in [0, 0.05) is 12.2 Å². The minimum absolute atomic E-state index is 0.488. The number of hydrogen-bond acceptors (Lipinski definition) is 2. The largest absolute Gasteiger partial charge is 0.457 e. The molecule has 0 amide bonds. The van der Waals surface area contributed by atoms with Crippen LogP contribution in [0.25, 0.3) is 0 Å². The summed E-state index contributed by atoms with van der Waals surface area (Å²) in [6.45, 7) is 16.6. The van der Waals surface area contributed by atoms with Gasteiger partial charge >= 0.3 is 0 Å². The maximum absolute atomic E-state index is 6.92. The zero-order valence-corrected chi connectivity index (χ0v) is 20.6.